The van der Waals surface area contributed by atoms with Gasteiger partial charge >= 0.3 is 0 Å². The Bertz CT molecular complexity index is 513. The van der Waals surface area contributed by atoms with Gasteiger partial charge in [0.2, 0.25) is 0 Å². The zero-order valence-corrected chi connectivity index (χ0v) is 11.8. The molecule has 0 N–H and O–H groups in total. The van der Waals surface area contributed by atoms with Crippen LogP contribution in [-0.2, 0) is 6.61 Å². The molecule has 1 aromatic heterocycles. The van der Waals surface area contributed by atoms with Crippen LogP contribution in [0.2, 0.25) is 10.0 Å². The minimum absolute atomic E-state index is 0.420. The summed E-state index contributed by atoms with van der Waals surface area (Å²) in [7, 11) is 0. The van der Waals surface area contributed by atoms with Gasteiger partial charge in [0.1, 0.15) is 12.4 Å². The number of pyridine rings is 1. The highest BCUT2D eigenvalue weighted by molar-refractivity contribution is 9.10. The van der Waals surface area contributed by atoms with Crippen molar-refractivity contribution in [3.63, 3.8) is 0 Å². The zero-order valence-electron chi connectivity index (χ0n) is 8.66. The van der Waals surface area contributed by atoms with Crippen LogP contribution in [0.4, 0.5) is 0 Å². The average Bonchev–Trinajstić information content (AvgIpc) is 2.25. The Hall–Kier alpha value is -0.770. The van der Waals surface area contributed by atoms with Gasteiger partial charge in [-0.1, -0.05) is 23.2 Å². The monoisotopic (exact) mass is 331 g/mol. The van der Waals surface area contributed by atoms with Crippen LogP contribution in [0.3, 0.4) is 0 Å². The lowest BCUT2D eigenvalue weighted by Gasteiger charge is -2.07. The molecule has 0 fully saturated rings. The topological polar surface area (TPSA) is 22.1 Å². The van der Waals surface area contributed by atoms with Crippen LogP contribution in [0, 0.1) is 0 Å². The summed E-state index contributed by atoms with van der Waals surface area (Å²) in [6.45, 7) is 0.420. The van der Waals surface area contributed by atoms with Crippen molar-refractivity contribution >= 4 is 39.1 Å². The van der Waals surface area contributed by atoms with E-state index in [2.05, 4.69) is 20.9 Å². The van der Waals surface area contributed by atoms with E-state index in [0.717, 1.165) is 10.0 Å². The number of nitrogens with zero attached hydrogens (tertiary/aromatic N) is 1. The predicted molar refractivity (Wildman–Crippen MR) is 72.7 cm³/mol. The van der Waals surface area contributed by atoms with E-state index in [9.17, 15) is 0 Å². The molecule has 0 unspecified atom stereocenters. The predicted octanol–water partition coefficient (Wildman–Crippen LogP) is 4.73. The molecule has 0 aliphatic carbocycles. The lowest BCUT2D eigenvalue weighted by Crippen LogP contribution is -1.96. The molecule has 1 aromatic carbocycles. The Kier molecular flexibility index (Phi) is 4.26. The lowest BCUT2D eigenvalue weighted by molar-refractivity contribution is 0.305. The number of hydrogen-bond acceptors (Lipinski definition) is 2. The minimum atomic E-state index is 0.420. The first kappa shape index (κ1) is 12.7. The fourth-order valence-electron chi connectivity index (χ4n) is 1.31. The van der Waals surface area contributed by atoms with Gasteiger partial charge in [-0.2, -0.15) is 0 Å². The molecule has 1 heterocycles. The Labute approximate surface area is 118 Å². The van der Waals surface area contributed by atoms with Crippen LogP contribution in [0.1, 0.15) is 5.56 Å². The molecule has 0 amide bonds. The van der Waals surface area contributed by atoms with Gasteiger partial charge in [0.25, 0.3) is 0 Å². The van der Waals surface area contributed by atoms with Gasteiger partial charge in [-0.3, -0.25) is 4.98 Å². The van der Waals surface area contributed by atoms with Gasteiger partial charge in [0.15, 0.2) is 0 Å². The highest BCUT2D eigenvalue weighted by Crippen LogP contribution is 2.24. The summed E-state index contributed by atoms with van der Waals surface area (Å²) in [6.07, 6.45) is 3.47. The van der Waals surface area contributed by atoms with Crippen molar-refractivity contribution in [3.05, 3.63) is 56.7 Å². The maximum atomic E-state index is 5.87. The first-order valence-electron chi connectivity index (χ1n) is 4.82. The SMILES string of the molecule is Clc1cc(Cl)cc(OCc2cncc(Br)c2)c1. The number of halogens is 3. The fourth-order valence-corrected chi connectivity index (χ4v) is 2.23. The second kappa shape index (κ2) is 5.71. The molecular weight excluding hydrogens is 325 g/mol. The van der Waals surface area contributed by atoms with Crippen molar-refractivity contribution in [3.8, 4) is 5.75 Å². The molecule has 2 rings (SSSR count). The molecule has 0 radical (unpaired) electrons. The summed E-state index contributed by atoms with van der Waals surface area (Å²) >= 11 is 15.1. The molecule has 0 saturated heterocycles. The third-order valence-electron chi connectivity index (χ3n) is 2.00. The summed E-state index contributed by atoms with van der Waals surface area (Å²) in [6, 6.07) is 7.05. The number of benzene rings is 1. The third-order valence-corrected chi connectivity index (χ3v) is 2.87. The van der Waals surface area contributed by atoms with Crippen LogP contribution >= 0.6 is 39.1 Å². The molecule has 17 heavy (non-hydrogen) atoms. The largest absolute Gasteiger partial charge is 0.489 e. The van der Waals surface area contributed by atoms with E-state index in [0.29, 0.717) is 22.4 Å². The van der Waals surface area contributed by atoms with Gasteiger partial charge < -0.3 is 4.74 Å². The van der Waals surface area contributed by atoms with Crippen LogP contribution in [0.5, 0.6) is 5.75 Å². The van der Waals surface area contributed by atoms with E-state index in [4.69, 9.17) is 27.9 Å². The fraction of sp³-hybridized carbons (Fsp3) is 0.0833. The second-order valence-electron chi connectivity index (χ2n) is 3.41. The Morgan fingerprint density at radius 1 is 1.06 bits per heavy atom. The molecule has 88 valence electrons. The summed E-state index contributed by atoms with van der Waals surface area (Å²) in [5.74, 6) is 0.641. The van der Waals surface area contributed by atoms with E-state index in [1.54, 1.807) is 30.6 Å². The summed E-state index contributed by atoms with van der Waals surface area (Å²) in [5.41, 5.74) is 0.968. The van der Waals surface area contributed by atoms with Crippen molar-refractivity contribution in [2.75, 3.05) is 0 Å². The molecule has 2 nitrogen and oxygen atoms in total. The number of rotatable bonds is 3. The Balaban J connectivity index is 2.07. The van der Waals surface area contributed by atoms with Crippen molar-refractivity contribution in [2.45, 2.75) is 6.61 Å². The summed E-state index contributed by atoms with van der Waals surface area (Å²) < 4.78 is 6.50. The summed E-state index contributed by atoms with van der Waals surface area (Å²) in [5, 5.41) is 1.11. The van der Waals surface area contributed by atoms with Gasteiger partial charge in [-0.15, -0.1) is 0 Å². The van der Waals surface area contributed by atoms with Gasteiger partial charge in [0.05, 0.1) is 0 Å². The first-order valence-corrected chi connectivity index (χ1v) is 6.37. The maximum absolute atomic E-state index is 5.87. The van der Waals surface area contributed by atoms with E-state index in [-0.39, 0.29) is 0 Å². The lowest BCUT2D eigenvalue weighted by atomic mass is 10.3. The first-order chi connectivity index (χ1) is 8.13. The van der Waals surface area contributed by atoms with Crippen LogP contribution in [0.25, 0.3) is 0 Å². The third kappa shape index (κ3) is 3.87. The molecule has 5 heteroatoms. The zero-order chi connectivity index (χ0) is 12.3. The molecule has 0 atom stereocenters. The summed E-state index contributed by atoms with van der Waals surface area (Å²) in [4.78, 5) is 4.05. The average molecular weight is 333 g/mol. The maximum Gasteiger partial charge on any atom is 0.122 e. The van der Waals surface area contributed by atoms with Crippen LogP contribution in [0.15, 0.2) is 41.1 Å². The Morgan fingerprint density at radius 2 is 1.76 bits per heavy atom. The minimum Gasteiger partial charge on any atom is -0.489 e. The number of hydrogen-bond donors (Lipinski definition) is 0. The van der Waals surface area contributed by atoms with Crippen molar-refractivity contribution in [2.24, 2.45) is 0 Å². The van der Waals surface area contributed by atoms with Crippen LogP contribution < -0.4 is 4.74 Å². The normalized spacial score (nSPS) is 10.3. The molecule has 0 aliphatic heterocycles. The van der Waals surface area contributed by atoms with E-state index < -0.39 is 0 Å². The molecule has 0 aliphatic rings. The van der Waals surface area contributed by atoms with Crippen LogP contribution in [-0.4, -0.2) is 4.98 Å². The number of ether oxygens (including phenoxy) is 1. The highest BCUT2D eigenvalue weighted by Gasteiger charge is 2.01. The molecule has 2 aromatic rings. The molecular formula is C12H8BrCl2NO. The highest BCUT2D eigenvalue weighted by atomic mass is 79.9. The molecule has 0 spiro atoms. The standard InChI is InChI=1S/C12H8BrCl2NO/c13-9-1-8(5-16-6-9)7-17-12-3-10(14)2-11(15)4-12/h1-6H,7H2. The number of aromatic nitrogens is 1. The quantitative estimate of drug-likeness (QED) is 0.810. The van der Waals surface area contributed by atoms with E-state index in [1.165, 1.54) is 0 Å². The van der Waals surface area contributed by atoms with Crippen molar-refractivity contribution in [1.29, 1.82) is 0 Å². The van der Waals surface area contributed by atoms with Gasteiger partial charge in [-0.05, 0) is 40.2 Å². The smallest absolute Gasteiger partial charge is 0.122 e. The van der Waals surface area contributed by atoms with Gasteiger partial charge in [0, 0.05) is 32.5 Å². The van der Waals surface area contributed by atoms with Crippen molar-refractivity contribution in [1.82, 2.24) is 4.98 Å². The molecule has 0 bridgehead atoms. The van der Waals surface area contributed by atoms with Gasteiger partial charge in [-0.25, -0.2) is 0 Å². The van der Waals surface area contributed by atoms with E-state index >= 15 is 0 Å². The second-order valence-corrected chi connectivity index (χ2v) is 5.19. The van der Waals surface area contributed by atoms with E-state index in [1.807, 2.05) is 6.07 Å². The van der Waals surface area contributed by atoms with Crippen molar-refractivity contribution < 1.29 is 4.74 Å². The molecule has 0 saturated carbocycles. The Morgan fingerprint density at radius 3 is 2.41 bits per heavy atom.